The number of aryl methyl sites for hydroxylation is 2. The van der Waals surface area contributed by atoms with E-state index < -0.39 is 0 Å². The summed E-state index contributed by atoms with van der Waals surface area (Å²) in [5.41, 5.74) is 6.24. The highest BCUT2D eigenvalue weighted by Crippen LogP contribution is 2.16. The first kappa shape index (κ1) is 10.2. The lowest BCUT2D eigenvalue weighted by atomic mass is 10.3. The maximum absolute atomic E-state index is 11.7. The molecule has 0 atom stereocenters. The zero-order valence-electron chi connectivity index (χ0n) is 8.89. The van der Waals surface area contributed by atoms with Gasteiger partial charge in [0.05, 0.1) is 11.9 Å². The Hall–Kier alpha value is -2.31. The number of carbonyl (C=O) groups is 1. The summed E-state index contributed by atoms with van der Waals surface area (Å²) in [6.07, 6.45) is 1.46. The predicted molar refractivity (Wildman–Crippen MR) is 56.8 cm³/mol. The number of rotatable bonds is 2. The highest BCUT2D eigenvalue weighted by molar-refractivity contribution is 6.03. The third-order valence-electron chi connectivity index (χ3n) is 2.06. The van der Waals surface area contributed by atoms with Crippen LogP contribution in [0.5, 0.6) is 0 Å². The molecule has 0 spiro atoms. The molecule has 2 rings (SSSR count). The molecular formula is C9H11N5O2. The second kappa shape index (κ2) is 3.69. The number of nitrogens with two attached hydrogens (primary N) is 1. The van der Waals surface area contributed by atoms with Crippen LogP contribution in [0.15, 0.2) is 16.8 Å². The van der Waals surface area contributed by atoms with Gasteiger partial charge in [0.25, 0.3) is 5.91 Å². The summed E-state index contributed by atoms with van der Waals surface area (Å²) in [6.45, 7) is 1.71. The van der Waals surface area contributed by atoms with Crippen LogP contribution < -0.4 is 11.1 Å². The largest absolute Gasteiger partial charge is 0.394 e. The molecule has 0 unspecified atom stereocenters. The maximum atomic E-state index is 11.7. The fraction of sp³-hybridized carbons (Fsp3) is 0.222. The first-order chi connectivity index (χ1) is 7.58. The lowest BCUT2D eigenvalue weighted by Crippen LogP contribution is -2.15. The summed E-state index contributed by atoms with van der Waals surface area (Å²) >= 11 is 0. The number of nitrogen functional groups attached to an aromatic ring is 1. The summed E-state index contributed by atoms with van der Waals surface area (Å²) in [6, 6.07) is 1.54. The van der Waals surface area contributed by atoms with Crippen LogP contribution in [-0.2, 0) is 7.05 Å². The van der Waals surface area contributed by atoms with Gasteiger partial charge < -0.3 is 15.6 Å². The predicted octanol–water partition coefficient (Wildman–Crippen LogP) is 0.551. The zero-order chi connectivity index (χ0) is 11.7. The third-order valence-corrected chi connectivity index (χ3v) is 2.06. The van der Waals surface area contributed by atoms with E-state index in [1.807, 2.05) is 0 Å². The number of aromatic nitrogens is 3. The zero-order valence-corrected chi connectivity index (χ0v) is 8.89. The maximum Gasteiger partial charge on any atom is 0.279 e. The molecule has 0 aliphatic heterocycles. The molecule has 84 valence electrons. The Kier molecular flexibility index (Phi) is 2.35. The molecule has 0 aliphatic carbocycles. The summed E-state index contributed by atoms with van der Waals surface area (Å²) in [5, 5.41) is 10.1. The molecule has 0 fully saturated rings. The Labute approximate surface area is 91.2 Å². The molecule has 0 saturated heterocycles. The number of amides is 1. The van der Waals surface area contributed by atoms with Crippen molar-refractivity contribution >= 4 is 17.4 Å². The molecule has 2 aromatic heterocycles. The average Bonchev–Trinajstić information content (AvgIpc) is 2.79. The van der Waals surface area contributed by atoms with Crippen LogP contribution in [0, 0.1) is 6.92 Å². The quantitative estimate of drug-likeness (QED) is 0.771. The normalized spacial score (nSPS) is 10.4. The Morgan fingerprint density at radius 2 is 2.38 bits per heavy atom. The molecule has 0 radical (unpaired) electrons. The molecule has 0 aliphatic rings. The molecule has 3 N–H and O–H groups in total. The number of carbonyl (C=O) groups excluding carboxylic acids is 1. The lowest BCUT2D eigenvalue weighted by molar-refractivity contribution is 0.101. The van der Waals surface area contributed by atoms with Crippen molar-refractivity contribution in [2.45, 2.75) is 6.92 Å². The minimum atomic E-state index is -0.382. The van der Waals surface area contributed by atoms with Crippen molar-refractivity contribution in [1.29, 1.82) is 0 Å². The first-order valence-electron chi connectivity index (χ1n) is 4.60. The minimum absolute atomic E-state index is 0.207. The summed E-state index contributed by atoms with van der Waals surface area (Å²) in [7, 11) is 1.68. The highest BCUT2D eigenvalue weighted by Gasteiger charge is 2.14. The van der Waals surface area contributed by atoms with Gasteiger partial charge in [-0.3, -0.25) is 9.48 Å². The van der Waals surface area contributed by atoms with Crippen molar-refractivity contribution in [3.8, 4) is 0 Å². The number of hydrogen-bond acceptors (Lipinski definition) is 5. The van der Waals surface area contributed by atoms with Crippen LogP contribution in [0.3, 0.4) is 0 Å². The molecule has 0 saturated carbocycles. The SMILES string of the molecule is Cc1cc(C(=O)Nc2c(N)cnn2C)no1. The average molecular weight is 221 g/mol. The van der Waals surface area contributed by atoms with Crippen molar-refractivity contribution in [1.82, 2.24) is 14.9 Å². The second-order valence-corrected chi connectivity index (χ2v) is 3.35. The van der Waals surface area contributed by atoms with Gasteiger partial charge in [0.15, 0.2) is 11.5 Å². The molecule has 7 nitrogen and oxygen atoms in total. The van der Waals surface area contributed by atoms with Crippen LogP contribution in [0.4, 0.5) is 11.5 Å². The van der Waals surface area contributed by atoms with E-state index in [-0.39, 0.29) is 11.6 Å². The number of nitrogens with one attached hydrogen (secondary N) is 1. The van der Waals surface area contributed by atoms with Crippen molar-refractivity contribution in [2.24, 2.45) is 7.05 Å². The van der Waals surface area contributed by atoms with Gasteiger partial charge in [0.2, 0.25) is 0 Å². The lowest BCUT2D eigenvalue weighted by Gasteiger charge is -2.03. The van der Waals surface area contributed by atoms with Crippen LogP contribution in [0.1, 0.15) is 16.2 Å². The number of hydrogen-bond donors (Lipinski definition) is 2. The van der Waals surface area contributed by atoms with Gasteiger partial charge in [-0.2, -0.15) is 5.10 Å². The number of anilines is 2. The van der Waals surface area contributed by atoms with Crippen LogP contribution in [0.2, 0.25) is 0 Å². The smallest absolute Gasteiger partial charge is 0.279 e. The number of nitrogens with zero attached hydrogens (tertiary/aromatic N) is 3. The Bertz CT molecular complexity index is 508. The molecule has 0 bridgehead atoms. The van der Waals surface area contributed by atoms with Gasteiger partial charge >= 0.3 is 0 Å². The standard InChI is InChI=1S/C9H11N5O2/c1-5-3-7(13-16-5)9(15)12-8-6(10)4-11-14(8)2/h3-4H,10H2,1-2H3,(H,12,15). The molecule has 16 heavy (non-hydrogen) atoms. The topological polar surface area (TPSA) is 99.0 Å². The van der Waals surface area contributed by atoms with Crippen LogP contribution in [-0.4, -0.2) is 20.8 Å². The van der Waals surface area contributed by atoms with E-state index in [0.717, 1.165) is 0 Å². The van der Waals surface area contributed by atoms with Crippen molar-refractivity contribution < 1.29 is 9.32 Å². The molecule has 1 amide bonds. The van der Waals surface area contributed by atoms with E-state index in [1.54, 1.807) is 20.0 Å². The van der Waals surface area contributed by atoms with E-state index in [1.165, 1.54) is 10.9 Å². The van der Waals surface area contributed by atoms with Gasteiger partial charge in [-0.1, -0.05) is 5.16 Å². The monoisotopic (exact) mass is 221 g/mol. The summed E-state index contributed by atoms with van der Waals surface area (Å²) in [5.74, 6) is 0.626. The van der Waals surface area contributed by atoms with Crippen molar-refractivity contribution in [2.75, 3.05) is 11.1 Å². The molecule has 7 heteroatoms. The molecule has 2 aromatic rings. The summed E-state index contributed by atoms with van der Waals surface area (Å²) in [4.78, 5) is 11.7. The first-order valence-corrected chi connectivity index (χ1v) is 4.60. The molecule has 2 heterocycles. The highest BCUT2D eigenvalue weighted by atomic mass is 16.5. The van der Waals surface area contributed by atoms with E-state index in [0.29, 0.717) is 17.3 Å². The van der Waals surface area contributed by atoms with Gasteiger partial charge in [0.1, 0.15) is 5.76 Å². The van der Waals surface area contributed by atoms with E-state index in [2.05, 4.69) is 15.6 Å². The fourth-order valence-electron chi connectivity index (χ4n) is 1.25. The van der Waals surface area contributed by atoms with Gasteiger partial charge in [0, 0.05) is 13.1 Å². The van der Waals surface area contributed by atoms with E-state index in [4.69, 9.17) is 10.3 Å². The second-order valence-electron chi connectivity index (χ2n) is 3.35. The van der Waals surface area contributed by atoms with E-state index >= 15 is 0 Å². The minimum Gasteiger partial charge on any atom is -0.394 e. The van der Waals surface area contributed by atoms with Gasteiger partial charge in [-0.15, -0.1) is 0 Å². The third kappa shape index (κ3) is 1.74. The van der Waals surface area contributed by atoms with Crippen molar-refractivity contribution in [3.63, 3.8) is 0 Å². The Morgan fingerprint density at radius 1 is 1.62 bits per heavy atom. The van der Waals surface area contributed by atoms with E-state index in [9.17, 15) is 4.79 Å². The molecular weight excluding hydrogens is 210 g/mol. The Balaban J connectivity index is 2.20. The molecule has 0 aromatic carbocycles. The van der Waals surface area contributed by atoms with Gasteiger partial charge in [-0.25, -0.2) is 0 Å². The Morgan fingerprint density at radius 3 is 2.88 bits per heavy atom. The van der Waals surface area contributed by atoms with Gasteiger partial charge in [-0.05, 0) is 6.92 Å². The summed E-state index contributed by atoms with van der Waals surface area (Å²) < 4.78 is 6.27. The van der Waals surface area contributed by atoms with Crippen LogP contribution >= 0.6 is 0 Å². The van der Waals surface area contributed by atoms with Crippen molar-refractivity contribution in [3.05, 3.63) is 23.7 Å². The van der Waals surface area contributed by atoms with Crippen LogP contribution in [0.25, 0.3) is 0 Å². The fourth-order valence-corrected chi connectivity index (χ4v) is 1.25.